The van der Waals surface area contributed by atoms with Gasteiger partial charge in [-0.2, -0.15) is 0 Å². The first-order valence-corrected chi connectivity index (χ1v) is 8.95. The molecule has 0 fully saturated rings. The molecular formula is C20H22ClN3O. The second-order valence-electron chi connectivity index (χ2n) is 6.40. The van der Waals surface area contributed by atoms with Crippen molar-refractivity contribution >= 4 is 28.2 Å². The lowest BCUT2D eigenvalue weighted by Crippen LogP contribution is -2.24. The molecule has 0 unspecified atom stereocenters. The Labute approximate surface area is 152 Å². The second-order valence-corrected chi connectivity index (χ2v) is 6.84. The van der Waals surface area contributed by atoms with Crippen LogP contribution in [0, 0.1) is 0 Å². The fraction of sp³-hybridized carbons (Fsp3) is 0.300. The molecule has 0 saturated heterocycles. The van der Waals surface area contributed by atoms with Crippen LogP contribution < -0.4 is 10.9 Å². The first kappa shape index (κ1) is 17.5. The highest BCUT2D eigenvalue weighted by atomic mass is 35.5. The Bertz CT molecular complexity index is 946. The number of rotatable bonds is 5. The van der Waals surface area contributed by atoms with E-state index in [1.807, 2.05) is 44.2 Å². The summed E-state index contributed by atoms with van der Waals surface area (Å²) in [4.78, 5) is 17.9. The monoisotopic (exact) mass is 355 g/mol. The quantitative estimate of drug-likeness (QED) is 0.701. The Kier molecular flexibility index (Phi) is 5.09. The second kappa shape index (κ2) is 7.28. The highest BCUT2D eigenvalue weighted by Gasteiger charge is 2.15. The van der Waals surface area contributed by atoms with Crippen LogP contribution in [0.15, 0.2) is 47.3 Å². The van der Waals surface area contributed by atoms with Crippen LogP contribution in [-0.4, -0.2) is 16.1 Å². The molecule has 2 aromatic carbocycles. The fourth-order valence-electron chi connectivity index (χ4n) is 2.81. The summed E-state index contributed by atoms with van der Waals surface area (Å²) in [6, 6.07) is 13.0. The van der Waals surface area contributed by atoms with E-state index in [-0.39, 0.29) is 11.5 Å². The molecule has 1 aromatic heterocycles. The molecular weight excluding hydrogens is 334 g/mol. The number of hydrogen-bond acceptors (Lipinski definition) is 3. The van der Waals surface area contributed by atoms with E-state index in [9.17, 15) is 4.79 Å². The normalized spacial score (nSPS) is 11.2. The lowest BCUT2D eigenvalue weighted by Gasteiger charge is -2.16. The molecule has 5 heteroatoms. The van der Waals surface area contributed by atoms with Crippen molar-refractivity contribution in [2.24, 2.45) is 0 Å². The van der Waals surface area contributed by atoms with E-state index in [2.05, 4.69) is 12.2 Å². The summed E-state index contributed by atoms with van der Waals surface area (Å²) in [5.74, 6) is 0.854. The predicted molar refractivity (Wildman–Crippen MR) is 105 cm³/mol. The van der Waals surface area contributed by atoms with E-state index >= 15 is 0 Å². The van der Waals surface area contributed by atoms with Gasteiger partial charge in [-0.3, -0.25) is 9.36 Å². The van der Waals surface area contributed by atoms with Crippen LogP contribution in [0.4, 0.5) is 5.69 Å². The molecule has 0 atom stereocenters. The van der Waals surface area contributed by atoms with Crippen LogP contribution in [0.1, 0.15) is 38.9 Å². The molecule has 3 aromatic rings. The first-order chi connectivity index (χ1) is 12.0. The Morgan fingerprint density at radius 1 is 1.16 bits per heavy atom. The number of benzene rings is 2. The number of hydrogen-bond donors (Lipinski definition) is 1. The lowest BCUT2D eigenvalue weighted by molar-refractivity contribution is 0.723. The van der Waals surface area contributed by atoms with Gasteiger partial charge in [0, 0.05) is 23.2 Å². The minimum Gasteiger partial charge on any atom is -0.385 e. The number of fused-ring (bicyclic) bond motifs is 1. The molecule has 4 nitrogen and oxygen atoms in total. The third kappa shape index (κ3) is 3.54. The maximum atomic E-state index is 13.1. The van der Waals surface area contributed by atoms with Gasteiger partial charge in [-0.15, -0.1) is 0 Å². The van der Waals surface area contributed by atoms with Crippen LogP contribution in [0.2, 0.25) is 5.02 Å². The summed E-state index contributed by atoms with van der Waals surface area (Å²) in [5.41, 5.74) is 2.43. The van der Waals surface area contributed by atoms with Gasteiger partial charge in [-0.25, -0.2) is 4.98 Å². The molecule has 0 aliphatic carbocycles. The zero-order valence-corrected chi connectivity index (χ0v) is 15.5. The molecule has 3 rings (SSSR count). The molecule has 0 aliphatic heterocycles. The Morgan fingerprint density at radius 3 is 2.52 bits per heavy atom. The van der Waals surface area contributed by atoms with E-state index in [1.165, 1.54) is 0 Å². The van der Waals surface area contributed by atoms with Gasteiger partial charge in [0.15, 0.2) is 0 Å². The summed E-state index contributed by atoms with van der Waals surface area (Å²) in [5, 5.41) is 4.60. The third-order valence-electron chi connectivity index (χ3n) is 4.08. The van der Waals surface area contributed by atoms with Gasteiger partial charge in [0.05, 0.1) is 16.6 Å². The van der Waals surface area contributed by atoms with E-state index in [4.69, 9.17) is 16.6 Å². The molecule has 130 valence electrons. The molecule has 0 radical (unpaired) electrons. The maximum absolute atomic E-state index is 13.1. The lowest BCUT2D eigenvalue weighted by atomic mass is 10.1. The first-order valence-electron chi connectivity index (χ1n) is 8.57. The van der Waals surface area contributed by atoms with Crippen molar-refractivity contribution in [2.75, 3.05) is 11.9 Å². The average molecular weight is 356 g/mol. The van der Waals surface area contributed by atoms with E-state index < -0.39 is 0 Å². The zero-order valence-electron chi connectivity index (χ0n) is 14.7. The summed E-state index contributed by atoms with van der Waals surface area (Å²) < 4.78 is 1.68. The topological polar surface area (TPSA) is 46.9 Å². The van der Waals surface area contributed by atoms with Crippen LogP contribution in [0.25, 0.3) is 16.6 Å². The summed E-state index contributed by atoms with van der Waals surface area (Å²) in [6.45, 7) is 7.09. The number of anilines is 1. The van der Waals surface area contributed by atoms with Crippen LogP contribution in [-0.2, 0) is 0 Å². The molecule has 1 heterocycles. The van der Waals surface area contributed by atoms with Crippen LogP contribution in [0.3, 0.4) is 0 Å². The Balaban J connectivity index is 2.22. The van der Waals surface area contributed by atoms with Crippen molar-refractivity contribution in [3.8, 4) is 5.69 Å². The Morgan fingerprint density at radius 2 is 1.88 bits per heavy atom. The van der Waals surface area contributed by atoms with E-state index in [0.29, 0.717) is 10.4 Å². The van der Waals surface area contributed by atoms with E-state index in [0.717, 1.165) is 35.7 Å². The van der Waals surface area contributed by atoms with Crippen molar-refractivity contribution in [3.63, 3.8) is 0 Å². The van der Waals surface area contributed by atoms with Gasteiger partial charge >= 0.3 is 0 Å². The number of nitrogens with one attached hydrogen (secondary N) is 1. The number of halogens is 1. The standard InChI is InChI=1S/C20H22ClN3O/c1-4-11-22-15-7-10-17-18(12-15)23-19(13(2)3)24(20(17)25)16-8-5-14(21)6-9-16/h5-10,12-13,22H,4,11H2,1-3H3. The largest absolute Gasteiger partial charge is 0.385 e. The van der Waals surface area contributed by atoms with Gasteiger partial charge in [0.25, 0.3) is 5.56 Å². The molecule has 0 amide bonds. The summed E-state index contributed by atoms with van der Waals surface area (Å²) >= 11 is 5.99. The van der Waals surface area contributed by atoms with Crippen molar-refractivity contribution in [3.05, 3.63) is 63.7 Å². The van der Waals surface area contributed by atoms with Crippen molar-refractivity contribution in [1.29, 1.82) is 0 Å². The molecule has 0 aliphatic rings. The van der Waals surface area contributed by atoms with E-state index in [1.54, 1.807) is 16.7 Å². The molecule has 1 N–H and O–H groups in total. The van der Waals surface area contributed by atoms with Gasteiger partial charge in [-0.1, -0.05) is 32.4 Å². The SMILES string of the molecule is CCCNc1ccc2c(=O)n(-c3ccc(Cl)cc3)c(C(C)C)nc2c1. The molecule has 0 spiro atoms. The van der Waals surface area contributed by atoms with Crippen molar-refractivity contribution in [2.45, 2.75) is 33.1 Å². The smallest absolute Gasteiger partial charge is 0.265 e. The van der Waals surface area contributed by atoms with Gasteiger partial charge in [0.2, 0.25) is 0 Å². The molecule has 0 bridgehead atoms. The van der Waals surface area contributed by atoms with Crippen LogP contribution in [0.5, 0.6) is 0 Å². The molecule has 0 saturated carbocycles. The highest BCUT2D eigenvalue weighted by Crippen LogP contribution is 2.22. The summed E-state index contributed by atoms with van der Waals surface area (Å²) in [7, 11) is 0. The third-order valence-corrected chi connectivity index (χ3v) is 4.33. The molecule has 25 heavy (non-hydrogen) atoms. The zero-order chi connectivity index (χ0) is 18.0. The van der Waals surface area contributed by atoms with Gasteiger partial charge < -0.3 is 5.32 Å². The Hall–Kier alpha value is -2.33. The average Bonchev–Trinajstić information content (AvgIpc) is 2.60. The fourth-order valence-corrected chi connectivity index (χ4v) is 2.94. The van der Waals surface area contributed by atoms with Crippen molar-refractivity contribution in [1.82, 2.24) is 9.55 Å². The van der Waals surface area contributed by atoms with Gasteiger partial charge in [0.1, 0.15) is 5.82 Å². The minimum absolute atomic E-state index is 0.0573. The van der Waals surface area contributed by atoms with Gasteiger partial charge in [-0.05, 0) is 48.9 Å². The number of aromatic nitrogens is 2. The van der Waals surface area contributed by atoms with Crippen molar-refractivity contribution < 1.29 is 0 Å². The summed E-state index contributed by atoms with van der Waals surface area (Å²) in [6.07, 6.45) is 1.04. The minimum atomic E-state index is -0.0573. The van der Waals surface area contributed by atoms with Crippen LogP contribution >= 0.6 is 11.6 Å². The highest BCUT2D eigenvalue weighted by molar-refractivity contribution is 6.30. The number of nitrogens with zero attached hydrogens (tertiary/aromatic N) is 2. The maximum Gasteiger partial charge on any atom is 0.265 e. The predicted octanol–water partition coefficient (Wildman–Crippen LogP) is 4.98.